The Bertz CT molecular complexity index is 953. The summed E-state index contributed by atoms with van der Waals surface area (Å²) < 4.78 is 2.34. The van der Waals surface area contributed by atoms with Crippen LogP contribution in [0.2, 0.25) is 0 Å². The molecule has 1 aromatic heterocycles. The molecule has 3 rings (SSSR count). The Balaban J connectivity index is 1.93. The number of fused-ring (bicyclic) bond motifs is 1. The van der Waals surface area contributed by atoms with Crippen molar-refractivity contribution in [3.63, 3.8) is 0 Å². The largest absolute Gasteiger partial charge is 0.330 e. The van der Waals surface area contributed by atoms with Crippen LogP contribution in [0.1, 0.15) is 18.1 Å². The van der Waals surface area contributed by atoms with Crippen LogP contribution in [0.15, 0.2) is 46.1 Å². The summed E-state index contributed by atoms with van der Waals surface area (Å²) in [6.45, 7) is 2.00. The lowest BCUT2D eigenvalue weighted by atomic mass is 10.1. The number of aromatic nitrogens is 2. The summed E-state index contributed by atoms with van der Waals surface area (Å²) >= 11 is 0. The first-order valence-corrected chi connectivity index (χ1v) is 7.76. The molecule has 1 aliphatic heterocycles. The molecule has 124 valence electrons. The molecule has 1 amide bonds. The van der Waals surface area contributed by atoms with Gasteiger partial charge in [0.25, 0.3) is 11.5 Å². The van der Waals surface area contributed by atoms with Gasteiger partial charge in [-0.2, -0.15) is 0 Å². The first-order valence-electron chi connectivity index (χ1n) is 7.76. The maximum atomic E-state index is 12.6. The van der Waals surface area contributed by atoms with Crippen LogP contribution in [-0.2, 0) is 25.3 Å². The molecule has 0 N–H and O–H groups in total. The van der Waals surface area contributed by atoms with Gasteiger partial charge in [0.1, 0.15) is 0 Å². The van der Waals surface area contributed by atoms with Crippen LogP contribution in [0.4, 0.5) is 5.69 Å². The standard InChI is InChI=1S/C18H19N3O3/c1-12-10-13-6-4-5-7-15(13)21(12)16(22)9-8-14-11-19(2)18(24)20(3)17(14)23/h4-9,11-12H,10H2,1-3H3/b9-8+. The van der Waals surface area contributed by atoms with Crippen molar-refractivity contribution < 1.29 is 4.79 Å². The highest BCUT2D eigenvalue weighted by atomic mass is 16.2. The zero-order chi connectivity index (χ0) is 17.4. The minimum absolute atomic E-state index is 0.0718. The quantitative estimate of drug-likeness (QED) is 0.776. The van der Waals surface area contributed by atoms with E-state index < -0.39 is 11.2 Å². The Kier molecular flexibility index (Phi) is 3.97. The highest BCUT2D eigenvalue weighted by Gasteiger charge is 2.29. The molecule has 0 saturated carbocycles. The van der Waals surface area contributed by atoms with E-state index in [1.807, 2.05) is 31.2 Å². The molecule has 2 aromatic rings. The number of hydrogen-bond acceptors (Lipinski definition) is 3. The minimum atomic E-state index is -0.419. The zero-order valence-corrected chi connectivity index (χ0v) is 13.9. The van der Waals surface area contributed by atoms with Gasteiger partial charge in [0.2, 0.25) is 0 Å². The van der Waals surface area contributed by atoms with Crippen molar-refractivity contribution in [1.29, 1.82) is 0 Å². The van der Waals surface area contributed by atoms with Crippen LogP contribution in [0.5, 0.6) is 0 Å². The monoisotopic (exact) mass is 325 g/mol. The number of amides is 1. The van der Waals surface area contributed by atoms with E-state index >= 15 is 0 Å². The van der Waals surface area contributed by atoms with Gasteiger partial charge in [0.15, 0.2) is 0 Å². The van der Waals surface area contributed by atoms with Crippen molar-refractivity contribution in [2.24, 2.45) is 14.1 Å². The SMILES string of the molecule is CC1Cc2ccccc2N1C(=O)/C=C/c1cn(C)c(=O)n(C)c1=O. The fourth-order valence-electron chi connectivity index (χ4n) is 3.09. The van der Waals surface area contributed by atoms with E-state index in [9.17, 15) is 14.4 Å². The second kappa shape index (κ2) is 5.96. The lowest BCUT2D eigenvalue weighted by molar-refractivity contribution is -0.114. The molecule has 24 heavy (non-hydrogen) atoms. The number of para-hydroxylation sites is 1. The van der Waals surface area contributed by atoms with Crippen LogP contribution in [0, 0.1) is 0 Å². The number of anilines is 1. The topological polar surface area (TPSA) is 64.3 Å². The van der Waals surface area contributed by atoms with Crippen LogP contribution in [-0.4, -0.2) is 21.1 Å². The van der Waals surface area contributed by atoms with E-state index in [-0.39, 0.29) is 11.9 Å². The fourth-order valence-corrected chi connectivity index (χ4v) is 3.09. The lowest BCUT2D eigenvalue weighted by Crippen LogP contribution is -2.37. The number of carbonyl (C=O) groups excluding carboxylic acids is 1. The zero-order valence-electron chi connectivity index (χ0n) is 13.9. The van der Waals surface area contributed by atoms with Crippen LogP contribution >= 0.6 is 0 Å². The van der Waals surface area contributed by atoms with Gasteiger partial charge in [-0.05, 0) is 31.1 Å². The van der Waals surface area contributed by atoms with Gasteiger partial charge in [0.05, 0.1) is 5.56 Å². The molecule has 0 bridgehead atoms. The smallest absolute Gasteiger partial charge is 0.305 e. The summed E-state index contributed by atoms with van der Waals surface area (Å²) in [5.74, 6) is -0.177. The third kappa shape index (κ3) is 2.60. The normalized spacial score (nSPS) is 16.6. The number of rotatable bonds is 2. The number of nitrogens with zero attached hydrogens (tertiary/aromatic N) is 3. The molecular weight excluding hydrogens is 306 g/mol. The summed E-state index contributed by atoms with van der Waals surface area (Å²) in [6, 6.07) is 7.89. The lowest BCUT2D eigenvalue weighted by Gasteiger charge is -2.20. The van der Waals surface area contributed by atoms with Gasteiger partial charge in [0, 0.05) is 38.1 Å². The molecule has 0 radical (unpaired) electrons. The van der Waals surface area contributed by atoms with Gasteiger partial charge < -0.3 is 9.47 Å². The molecule has 6 nitrogen and oxygen atoms in total. The molecule has 2 heterocycles. The molecule has 0 saturated heterocycles. The number of carbonyl (C=O) groups is 1. The molecule has 6 heteroatoms. The van der Waals surface area contributed by atoms with Gasteiger partial charge in [-0.15, -0.1) is 0 Å². The van der Waals surface area contributed by atoms with E-state index in [1.165, 1.54) is 30.0 Å². The Morgan fingerprint density at radius 3 is 2.67 bits per heavy atom. The molecular formula is C18H19N3O3. The molecule has 0 fully saturated rings. The molecule has 1 aliphatic rings. The van der Waals surface area contributed by atoms with Crippen molar-refractivity contribution in [3.8, 4) is 0 Å². The minimum Gasteiger partial charge on any atom is -0.305 e. The third-order valence-electron chi connectivity index (χ3n) is 4.32. The Hall–Kier alpha value is -2.89. The second-order valence-corrected chi connectivity index (χ2v) is 6.07. The molecule has 0 aliphatic carbocycles. The van der Waals surface area contributed by atoms with Gasteiger partial charge in [-0.1, -0.05) is 18.2 Å². The molecule has 1 unspecified atom stereocenters. The summed E-state index contributed by atoms with van der Waals surface area (Å²) in [7, 11) is 2.99. The van der Waals surface area contributed by atoms with Crippen LogP contribution < -0.4 is 16.1 Å². The van der Waals surface area contributed by atoms with Gasteiger partial charge in [-0.25, -0.2) is 4.79 Å². The summed E-state index contributed by atoms with van der Waals surface area (Å²) in [5.41, 5.74) is 1.54. The molecule has 0 spiro atoms. The summed E-state index contributed by atoms with van der Waals surface area (Å²) in [5, 5.41) is 0. The molecule has 1 aromatic carbocycles. The first kappa shape index (κ1) is 16.0. The predicted octanol–water partition coefficient (Wildman–Crippen LogP) is 1.08. The number of hydrogen-bond donors (Lipinski definition) is 0. The van der Waals surface area contributed by atoms with E-state index in [4.69, 9.17) is 0 Å². The van der Waals surface area contributed by atoms with E-state index in [0.717, 1.165) is 22.2 Å². The number of aryl methyl sites for hydroxylation is 1. The van der Waals surface area contributed by atoms with Crippen molar-refractivity contribution in [1.82, 2.24) is 9.13 Å². The Morgan fingerprint density at radius 2 is 1.92 bits per heavy atom. The highest BCUT2D eigenvalue weighted by molar-refractivity contribution is 6.05. The van der Waals surface area contributed by atoms with Crippen molar-refractivity contribution in [2.75, 3.05) is 4.90 Å². The van der Waals surface area contributed by atoms with Crippen LogP contribution in [0.25, 0.3) is 6.08 Å². The predicted molar refractivity (Wildman–Crippen MR) is 93.1 cm³/mol. The van der Waals surface area contributed by atoms with E-state index in [2.05, 4.69) is 0 Å². The van der Waals surface area contributed by atoms with Crippen molar-refractivity contribution >= 4 is 17.7 Å². The Labute approximate surface area is 139 Å². The third-order valence-corrected chi connectivity index (χ3v) is 4.32. The number of benzene rings is 1. The van der Waals surface area contributed by atoms with Crippen LogP contribution in [0.3, 0.4) is 0 Å². The maximum Gasteiger partial charge on any atom is 0.330 e. The fraction of sp³-hybridized carbons (Fsp3) is 0.278. The van der Waals surface area contributed by atoms with Gasteiger partial charge in [-0.3, -0.25) is 14.2 Å². The summed E-state index contributed by atoms with van der Waals surface area (Å²) in [6.07, 6.45) is 5.12. The maximum absolute atomic E-state index is 12.6. The van der Waals surface area contributed by atoms with E-state index in [1.54, 1.807) is 11.9 Å². The second-order valence-electron chi connectivity index (χ2n) is 6.07. The van der Waals surface area contributed by atoms with Crippen molar-refractivity contribution in [3.05, 3.63) is 68.5 Å². The Morgan fingerprint density at radius 1 is 1.21 bits per heavy atom. The highest BCUT2D eigenvalue weighted by Crippen LogP contribution is 2.31. The summed E-state index contributed by atoms with van der Waals surface area (Å²) in [4.78, 5) is 38.1. The average Bonchev–Trinajstić information content (AvgIpc) is 2.90. The van der Waals surface area contributed by atoms with Crippen molar-refractivity contribution in [2.45, 2.75) is 19.4 Å². The average molecular weight is 325 g/mol. The molecule has 1 atom stereocenters. The first-order chi connectivity index (χ1) is 11.4. The van der Waals surface area contributed by atoms with E-state index in [0.29, 0.717) is 5.56 Å². The van der Waals surface area contributed by atoms with Gasteiger partial charge >= 0.3 is 5.69 Å².